The maximum Gasteiger partial charge on any atom is 0.264 e. The van der Waals surface area contributed by atoms with Crippen molar-refractivity contribution in [2.45, 2.75) is 71.5 Å². The molecule has 0 bridgehead atoms. The van der Waals surface area contributed by atoms with E-state index in [1.165, 1.54) is 24.8 Å². The van der Waals surface area contributed by atoms with Crippen LogP contribution in [0.5, 0.6) is 0 Å². The van der Waals surface area contributed by atoms with Crippen molar-refractivity contribution in [1.82, 2.24) is 0 Å². The molecule has 3 unspecified atom stereocenters. The molecule has 4 fully saturated rings. The summed E-state index contributed by atoms with van der Waals surface area (Å²) in [5.41, 5.74) is 1.62. The Hall–Kier alpha value is -0.720. The fourth-order valence-corrected chi connectivity index (χ4v) is 8.59. The summed E-state index contributed by atoms with van der Waals surface area (Å²) in [5, 5.41) is 0. The zero-order valence-electron chi connectivity index (χ0n) is 18.0. The second kappa shape index (κ2) is 6.39. The van der Waals surface area contributed by atoms with E-state index in [4.69, 9.17) is 8.92 Å². The van der Waals surface area contributed by atoms with Gasteiger partial charge in [-0.1, -0.05) is 20.8 Å². The van der Waals surface area contributed by atoms with Crippen LogP contribution in [0.3, 0.4) is 0 Å². The van der Waals surface area contributed by atoms with E-state index in [1.807, 2.05) is 6.08 Å². The van der Waals surface area contributed by atoms with Crippen molar-refractivity contribution in [2.75, 3.05) is 12.9 Å². The predicted octanol–water partition coefficient (Wildman–Crippen LogP) is 3.73. The van der Waals surface area contributed by atoms with Crippen LogP contribution in [0.2, 0.25) is 0 Å². The summed E-state index contributed by atoms with van der Waals surface area (Å²) < 4.78 is 34.4. The number of fused-ring (bicyclic) bond motifs is 8. The van der Waals surface area contributed by atoms with Gasteiger partial charge in [0.05, 0.1) is 19.0 Å². The Morgan fingerprint density at radius 3 is 2.69 bits per heavy atom. The number of ketones is 1. The van der Waals surface area contributed by atoms with Gasteiger partial charge in [0.15, 0.2) is 5.78 Å². The molecule has 0 aromatic carbocycles. The van der Waals surface area contributed by atoms with Gasteiger partial charge >= 0.3 is 0 Å². The van der Waals surface area contributed by atoms with Gasteiger partial charge in [-0.05, 0) is 84.2 Å². The molecule has 4 aliphatic carbocycles. The third-order valence-corrected chi connectivity index (χ3v) is 10.1. The van der Waals surface area contributed by atoms with E-state index in [1.54, 1.807) is 0 Å². The van der Waals surface area contributed by atoms with E-state index in [-0.39, 0.29) is 41.3 Å². The molecule has 1 heterocycles. The van der Waals surface area contributed by atoms with Gasteiger partial charge in [0, 0.05) is 6.42 Å². The predicted molar refractivity (Wildman–Crippen MR) is 110 cm³/mol. The van der Waals surface area contributed by atoms with Crippen molar-refractivity contribution in [2.24, 2.45) is 40.4 Å². The van der Waals surface area contributed by atoms with E-state index >= 15 is 0 Å². The molecule has 5 rings (SSSR count). The lowest BCUT2D eigenvalue weighted by Gasteiger charge is -2.57. The summed E-state index contributed by atoms with van der Waals surface area (Å²) in [6.45, 7) is 7.27. The van der Waals surface area contributed by atoms with Crippen molar-refractivity contribution in [3.63, 3.8) is 0 Å². The second-order valence-electron chi connectivity index (χ2n) is 11.0. The molecule has 9 atom stereocenters. The highest BCUT2D eigenvalue weighted by Gasteiger charge is 2.69. The number of epoxide rings is 1. The summed E-state index contributed by atoms with van der Waals surface area (Å²) in [6.07, 6.45) is 9.86. The fraction of sp³-hybridized carbons (Fsp3) is 0.870. The molecule has 3 saturated carbocycles. The fourth-order valence-electron chi connectivity index (χ4n) is 8.13. The Morgan fingerprint density at radius 2 is 1.97 bits per heavy atom. The minimum Gasteiger partial charge on any atom is -0.365 e. The lowest BCUT2D eigenvalue weighted by molar-refractivity contribution is -0.117. The van der Waals surface area contributed by atoms with Gasteiger partial charge in [-0.25, -0.2) is 0 Å². The van der Waals surface area contributed by atoms with Gasteiger partial charge in [-0.3, -0.25) is 8.98 Å². The van der Waals surface area contributed by atoms with Crippen LogP contribution >= 0.6 is 0 Å². The Balaban J connectivity index is 1.41. The molecule has 0 N–H and O–H groups in total. The molecule has 29 heavy (non-hydrogen) atoms. The minimum absolute atomic E-state index is 0.112. The summed E-state index contributed by atoms with van der Waals surface area (Å²) in [4.78, 5) is 12.1. The number of hydrogen-bond acceptors (Lipinski definition) is 5. The Kier molecular flexibility index (Phi) is 4.45. The number of carbonyl (C=O) groups is 1. The van der Waals surface area contributed by atoms with Crippen molar-refractivity contribution < 1.29 is 22.1 Å². The number of carbonyl (C=O) groups excluding carboxylic acids is 1. The van der Waals surface area contributed by atoms with E-state index < -0.39 is 10.1 Å². The summed E-state index contributed by atoms with van der Waals surface area (Å²) in [7, 11) is -3.40. The Bertz CT molecular complexity index is 862. The largest absolute Gasteiger partial charge is 0.365 e. The molecule has 0 amide bonds. The Labute approximate surface area is 174 Å². The first-order chi connectivity index (χ1) is 13.5. The standard InChI is InChI=1S/C23H34O5S/c1-13(12-27-29(4,25)26)15-5-6-16-19-17(8-10-22(15,16)2)23(3)9-7-14(24)11-18(23)20-21(19)28-20/h11,13,15-17,19-21H,5-10,12H2,1-4H3/t13-,15-,16?,17?,19?,20+,21-,22-,23-/m1/s1. The highest BCUT2D eigenvalue weighted by molar-refractivity contribution is 7.85. The number of rotatable bonds is 4. The van der Waals surface area contributed by atoms with Gasteiger partial charge in [-0.15, -0.1) is 0 Å². The number of ether oxygens (including phenoxy) is 1. The third-order valence-electron chi connectivity index (χ3n) is 9.53. The molecule has 5 aliphatic rings. The van der Waals surface area contributed by atoms with E-state index in [2.05, 4.69) is 20.8 Å². The van der Waals surface area contributed by atoms with Crippen LogP contribution in [0, 0.1) is 40.4 Å². The van der Waals surface area contributed by atoms with Crippen LogP contribution in [0.4, 0.5) is 0 Å². The van der Waals surface area contributed by atoms with Gasteiger partial charge in [-0.2, -0.15) is 8.42 Å². The molecule has 0 spiro atoms. The van der Waals surface area contributed by atoms with Crippen LogP contribution in [0.15, 0.2) is 11.6 Å². The van der Waals surface area contributed by atoms with Gasteiger partial charge in [0.2, 0.25) is 0 Å². The zero-order chi connectivity index (χ0) is 20.8. The van der Waals surface area contributed by atoms with Gasteiger partial charge in [0.25, 0.3) is 10.1 Å². The highest BCUT2D eigenvalue weighted by atomic mass is 32.2. The average Bonchev–Trinajstić information content (AvgIpc) is 3.35. The van der Waals surface area contributed by atoms with Crippen LogP contribution in [0.1, 0.15) is 59.3 Å². The van der Waals surface area contributed by atoms with E-state index in [0.29, 0.717) is 30.1 Å². The topological polar surface area (TPSA) is 73.0 Å². The first-order valence-corrected chi connectivity index (χ1v) is 13.1. The summed E-state index contributed by atoms with van der Waals surface area (Å²) >= 11 is 0. The monoisotopic (exact) mass is 422 g/mol. The maximum absolute atomic E-state index is 12.1. The van der Waals surface area contributed by atoms with Gasteiger partial charge < -0.3 is 4.74 Å². The highest BCUT2D eigenvalue weighted by Crippen LogP contribution is 2.70. The molecule has 0 radical (unpaired) electrons. The van der Waals surface area contributed by atoms with Crippen molar-refractivity contribution in [1.29, 1.82) is 0 Å². The third kappa shape index (κ3) is 3.00. The maximum atomic E-state index is 12.1. The molecule has 0 aromatic rings. The zero-order valence-corrected chi connectivity index (χ0v) is 18.8. The SMILES string of the molecule is C[C@H](COS(C)(=O)=O)[C@H]1CCC2C3C(CC[C@@]21C)[C@@]1(C)CCC(=O)C=C1[C@@H]1O[C@H]31. The molecule has 1 aliphatic heterocycles. The quantitative estimate of drug-likeness (QED) is 0.510. The molecule has 1 saturated heterocycles. The molecular formula is C23H34O5S. The van der Waals surface area contributed by atoms with Crippen molar-refractivity contribution in [3.05, 3.63) is 11.6 Å². The average molecular weight is 423 g/mol. The molecular weight excluding hydrogens is 388 g/mol. The second-order valence-corrected chi connectivity index (χ2v) is 12.6. The molecule has 6 heteroatoms. The molecule has 162 valence electrons. The van der Waals surface area contributed by atoms with Gasteiger partial charge in [0.1, 0.15) is 6.10 Å². The van der Waals surface area contributed by atoms with E-state index in [0.717, 1.165) is 19.1 Å². The van der Waals surface area contributed by atoms with Crippen LogP contribution in [-0.2, 0) is 23.8 Å². The lowest BCUT2D eigenvalue weighted by Crippen LogP contribution is -2.54. The smallest absolute Gasteiger partial charge is 0.264 e. The lowest BCUT2D eigenvalue weighted by atomic mass is 9.46. The normalized spacial score (nSPS) is 49.4. The molecule has 0 aromatic heterocycles. The minimum atomic E-state index is -3.40. The summed E-state index contributed by atoms with van der Waals surface area (Å²) in [5.74, 6) is 2.79. The number of hydrogen-bond donors (Lipinski definition) is 0. The van der Waals surface area contributed by atoms with Crippen LogP contribution in [-0.4, -0.2) is 39.3 Å². The summed E-state index contributed by atoms with van der Waals surface area (Å²) in [6, 6.07) is 0. The van der Waals surface area contributed by atoms with Crippen molar-refractivity contribution in [3.8, 4) is 0 Å². The van der Waals surface area contributed by atoms with Crippen molar-refractivity contribution >= 4 is 15.9 Å². The first-order valence-electron chi connectivity index (χ1n) is 11.3. The first kappa shape index (κ1) is 20.2. The van der Waals surface area contributed by atoms with Crippen LogP contribution < -0.4 is 0 Å². The van der Waals surface area contributed by atoms with Crippen LogP contribution in [0.25, 0.3) is 0 Å². The Morgan fingerprint density at radius 1 is 1.21 bits per heavy atom. The molecule has 5 nitrogen and oxygen atoms in total. The van der Waals surface area contributed by atoms with E-state index in [9.17, 15) is 13.2 Å².